The first-order valence-corrected chi connectivity index (χ1v) is 16.1. The van der Waals surface area contributed by atoms with Crippen molar-refractivity contribution in [3.63, 3.8) is 0 Å². The van der Waals surface area contributed by atoms with Gasteiger partial charge >= 0.3 is 0 Å². The first-order valence-electron chi connectivity index (χ1n) is 16.1. The van der Waals surface area contributed by atoms with Crippen LogP contribution in [0.25, 0.3) is 93.6 Å². The molecule has 8 aromatic carbocycles. The molecule has 0 saturated carbocycles. The Morgan fingerprint density at radius 3 is 1.51 bits per heavy atom. The van der Waals surface area contributed by atoms with Crippen molar-refractivity contribution in [2.24, 2.45) is 0 Å². The van der Waals surface area contributed by atoms with Gasteiger partial charge in [-0.3, -0.25) is 4.40 Å². The predicted octanol–water partition coefficient (Wildman–Crippen LogP) is 12.1. The van der Waals surface area contributed by atoms with Crippen LogP contribution in [0.1, 0.15) is 0 Å². The molecule has 0 saturated heterocycles. The summed E-state index contributed by atoms with van der Waals surface area (Å²) in [6.07, 6.45) is 0. The Bertz CT molecular complexity index is 2760. The summed E-state index contributed by atoms with van der Waals surface area (Å²) >= 11 is 0. The molecule has 10 rings (SSSR count). The minimum absolute atomic E-state index is 0.979. The molecule has 218 valence electrons. The number of nitrogens with zero attached hydrogens (tertiary/aromatic N) is 2. The summed E-state index contributed by atoms with van der Waals surface area (Å²) in [7, 11) is 0. The number of hydrogen-bond donors (Lipinski definition) is 0. The van der Waals surface area contributed by atoms with Crippen LogP contribution in [0.4, 0.5) is 0 Å². The molecule has 2 heteroatoms. The molecule has 47 heavy (non-hydrogen) atoms. The van der Waals surface area contributed by atoms with E-state index in [4.69, 9.17) is 4.98 Å². The highest BCUT2D eigenvalue weighted by molar-refractivity contribution is 6.22. The number of aromatic nitrogens is 2. The summed E-state index contributed by atoms with van der Waals surface area (Å²) in [5.74, 6) is 0.979. The van der Waals surface area contributed by atoms with Crippen molar-refractivity contribution in [1.82, 2.24) is 9.38 Å². The van der Waals surface area contributed by atoms with Gasteiger partial charge in [0.15, 0.2) is 0 Å². The van der Waals surface area contributed by atoms with Gasteiger partial charge in [-0.05, 0) is 79.2 Å². The SMILES string of the molecule is c1ccc(-c2c3ccccc3c(-c3ccccc3)c3cc(-c4cc5nc(-c6ccccc6)n6c7ccccc7c(c4)c56)ccc23)cc1. The van der Waals surface area contributed by atoms with Gasteiger partial charge in [-0.2, -0.15) is 0 Å². The van der Waals surface area contributed by atoms with Crippen molar-refractivity contribution in [2.75, 3.05) is 0 Å². The molecule has 0 fully saturated rings. The Hall–Kier alpha value is -6.25. The number of para-hydroxylation sites is 1. The topological polar surface area (TPSA) is 17.3 Å². The van der Waals surface area contributed by atoms with Gasteiger partial charge in [0.1, 0.15) is 5.82 Å². The molecule has 0 amide bonds. The average molecular weight is 597 g/mol. The maximum atomic E-state index is 5.26. The molecule has 0 atom stereocenters. The van der Waals surface area contributed by atoms with Crippen LogP contribution in [0.2, 0.25) is 0 Å². The standard InChI is InChI=1S/C45H28N2/c1-4-14-29(15-5-1)42-35-21-10-11-22-36(35)43(30-16-6-2-7-17-30)38-26-32(24-25-37(38)42)33-27-39-34-20-12-13-23-41(34)47-44(39)40(28-33)46-45(47)31-18-8-3-9-19-31/h1-28H. The van der Waals surface area contributed by atoms with E-state index in [1.54, 1.807) is 0 Å². The van der Waals surface area contributed by atoms with E-state index in [2.05, 4.69) is 174 Å². The van der Waals surface area contributed by atoms with Crippen LogP contribution >= 0.6 is 0 Å². The molecule has 2 heterocycles. The second-order valence-corrected chi connectivity index (χ2v) is 12.3. The summed E-state index contributed by atoms with van der Waals surface area (Å²) in [5.41, 5.74) is 11.8. The van der Waals surface area contributed by atoms with Crippen LogP contribution in [-0.2, 0) is 0 Å². The zero-order valence-corrected chi connectivity index (χ0v) is 25.6. The quantitative estimate of drug-likeness (QED) is 0.185. The van der Waals surface area contributed by atoms with Gasteiger partial charge in [0.2, 0.25) is 0 Å². The van der Waals surface area contributed by atoms with Crippen LogP contribution in [0.15, 0.2) is 170 Å². The van der Waals surface area contributed by atoms with Crippen LogP contribution in [0, 0.1) is 0 Å². The molecule has 0 N–H and O–H groups in total. The van der Waals surface area contributed by atoms with Gasteiger partial charge in [0.25, 0.3) is 0 Å². The van der Waals surface area contributed by atoms with Crippen LogP contribution < -0.4 is 0 Å². The first kappa shape index (κ1) is 26.0. The van der Waals surface area contributed by atoms with Crippen molar-refractivity contribution in [2.45, 2.75) is 0 Å². The molecule has 0 unspecified atom stereocenters. The van der Waals surface area contributed by atoms with E-state index in [0.717, 1.165) is 16.9 Å². The van der Waals surface area contributed by atoms with Crippen molar-refractivity contribution in [1.29, 1.82) is 0 Å². The fraction of sp³-hybridized carbons (Fsp3) is 0. The number of rotatable bonds is 4. The third-order valence-corrected chi connectivity index (χ3v) is 9.70. The minimum Gasteiger partial charge on any atom is -0.291 e. The predicted molar refractivity (Wildman–Crippen MR) is 198 cm³/mol. The lowest BCUT2D eigenvalue weighted by molar-refractivity contribution is 1.23. The zero-order valence-electron chi connectivity index (χ0n) is 25.6. The first-order chi connectivity index (χ1) is 23.3. The highest BCUT2D eigenvalue weighted by Gasteiger charge is 2.21. The molecule has 0 spiro atoms. The number of fused-ring (bicyclic) bond motifs is 5. The summed E-state index contributed by atoms with van der Waals surface area (Å²) in [6.45, 7) is 0. The van der Waals surface area contributed by atoms with E-state index in [1.807, 2.05) is 0 Å². The van der Waals surface area contributed by atoms with Crippen LogP contribution in [0.5, 0.6) is 0 Å². The van der Waals surface area contributed by atoms with Crippen molar-refractivity contribution < 1.29 is 0 Å². The van der Waals surface area contributed by atoms with Gasteiger partial charge in [-0.1, -0.05) is 146 Å². The Kier molecular flexibility index (Phi) is 5.61. The molecule has 0 aliphatic rings. The summed E-state index contributed by atoms with van der Waals surface area (Å²) < 4.78 is 2.34. The highest BCUT2D eigenvalue weighted by Crippen LogP contribution is 2.45. The molecule has 0 aliphatic heterocycles. The number of benzene rings is 8. The van der Waals surface area contributed by atoms with Crippen molar-refractivity contribution in [3.05, 3.63) is 170 Å². The van der Waals surface area contributed by atoms with E-state index in [9.17, 15) is 0 Å². The lowest BCUT2D eigenvalue weighted by atomic mass is 9.85. The smallest absolute Gasteiger partial charge is 0.145 e. The minimum atomic E-state index is 0.979. The molecular weight excluding hydrogens is 569 g/mol. The Morgan fingerprint density at radius 2 is 0.851 bits per heavy atom. The fourth-order valence-electron chi connectivity index (χ4n) is 7.68. The van der Waals surface area contributed by atoms with Crippen molar-refractivity contribution >= 4 is 48.9 Å². The lowest BCUT2D eigenvalue weighted by Gasteiger charge is -2.18. The molecule has 10 aromatic rings. The third kappa shape index (κ3) is 3.89. The Labute approximate surface area is 272 Å². The molecular formula is C45H28N2. The molecule has 2 aromatic heterocycles. The summed E-state index contributed by atoms with van der Waals surface area (Å²) in [6, 6.07) is 61.4. The molecule has 0 aliphatic carbocycles. The van der Waals surface area contributed by atoms with Crippen molar-refractivity contribution in [3.8, 4) is 44.8 Å². The van der Waals surface area contributed by atoms with Crippen LogP contribution in [-0.4, -0.2) is 9.38 Å². The number of hydrogen-bond acceptors (Lipinski definition) is 1. The van der Waals surface area contributed by atoms with E-state index >= 15 is 0 Å². The normalized spacial score (nSPS) is 11.8. The van der Waals surface area contributed by atoms with Gasteiger partial charge in [0.05, 0.1) is 16.6 Å². The highest BCUT2D eigenvalue weighted by atomic mass is 15.0. The van der Waals surface area contributed by atoms with Gasteiger partial charge in [-0.25, -0.2) is 4.98 Å². The van der Waals surface area contributed by atoms with E-state index in [-0.39, 0.29) is 0 Å². The van der Waals surface area contributed by atoms with E-state index in [1.165, 1.54) is 76.7 Å². The Morgan fingerprint density at radius 1 is 0.340 bits per heavy atom. The van der Waals surface area contributed by atoms with Gasteiger partial charge in [-0.15, -0.1) is 0 Å². The van der Waals surface area contributed by atoms with E-state index in [0.29, 0.717) is 0 Å². The van der Waals surface area contributed by atoms with Crippen LogP contribution in [0.3, 0.4) is 0 Å². The lowest BCUT2D eigenvalue weighted by Crippen LogP contribution is -1.91. The van der Waals surface area contributed by atoms with Gasteiger partial charge < -0.3 is 0 Å². The van der Waals surface area contributed by atoms with Gasteiger partial charge in [0, 0.05) is 16.3 Å². The molecule has 0 radical (unpaired) electrons. The monoisotopic (exact) mass is 596 g/mol. The fourth-order valence-corrected chi connectivity index (χ4v) is 7.68. The Balaban J connectivity index is 1.30. The van der Waals surface area contributed by atoms with E-state index < -0.39 is 0 Å². The second-order valence-electron chi connectivity index (χ2n) is 12.3. The second kappa shape index (κ2) is 10.1. The maximum Gasteiger partial charge on any atom is 0.145 e. The average Bonchev–Trinajstić information content (AvgIpc) is 3.70. The largest absolute Gasteiger partial charge is 0.291 e. The number of imidazole rings is 1. The summed E-state index contributed by atoms with van der Waals surface area (Å²) in [4.78, 5) is 5.26. The zero-order chi connectivity index (χ0) is 30.9. The maximum absolute atomic E-state index is 5.26. The molecule has 2 nitrogen and oxygen atoms in total. The summed E-state index contributed by atoms with van der Waals surface area (Å²) in [5, 5.41) is 7.51. The third-order valence-electron chi connectivity index (χ3n) is 9.70. The molecule has 0 bridgehead atoms.